The summed E-state index contributed by atoms with van der Waals surface area (Å²) >= 11 is 0. The van der Waals surface area contributed by atoms with E-state index in [9.17, 15) is 0 Å². The molecule has 2 aliphatic rings. The van der Waals surface area contributed by atoms with Gasteiger partial charge in [0, 0.05) is 19.3 Å². The van der Waals surface area contributed by atoms with Gasteiger partial charge in [-0.25, -0.2) is 0 Å². The van der Waals surface area contributed by atoms with Gasteiger partial charge in [-0.2, -0.15) is 0 Å². The number of quaternary nitrogens is 2. The summed E-state index contributed by atoms with van der Waals surface area (Å²) in [5, 5.41) is 0. The zero-order chi connectivity index (χ0) is 13.6. The van der Waals surface area contributed by atoms with Crippen LogP contribution in [-0.4, -0.2) is 52.0 Å². The van der Waals surface area contributed by atoms with Crippen molar-refractivity contribution in [1.29, 1.82) is 0 Å². The van der Waals surface area contributed by atoms with Gasteiger partial charge in [-0.15, -0.1) is 0 Å². The zero-order valence-electron chi connectivity index (χ0n) is 12.4. The second-order valence-corrected chi connectivity index (χ2v) is 6.28. The van der Waals surface area contributed by atoms with E-state index in [0.29, 0.717) is 0 Å². The molecule has 2 saturated heterocycles. The second-order valence-electron chi connectivity index (χ2n) is 6.28. The number of hydrogen-bond acceptors (Lipinski definition) is 1. The highest BCUT2D eigenvalue weighted by Crippen LogP contribution is 1.99. The number of rotatable bonds is 4. The number of hydrogen-bond donors (Lipinski definition) is 2. The molecule has 3 rings (SSSR count). The van der Waals surface area contributed by atoms with Crippen LogP contribution in [0.3, 0.4) is 0 Å². The summed E-state index contributed by atoms with van der Waals surface area (Å²) in [5.74, 6) is 0. The van der Waals surface area contributed by atoms with E-state index in [1.165, 1.54) is 57.5 Å². The van der Waals surface area contributed by atoms with Crippen LogP contribution in [-0.2, 0) is 11.2 Å². The van der Waals surface area contributed by atoms with Gasteiger partial charge in [-0.1, -0.05) is 30.3 Å². The lowest BCUT2D eigenvalue weighted by Crippen LogP contribution is -3.21. The van der Waals surface area contributed by atoms with Gasteiger partial charge in [0.05, 0.1) is 38.9 Å². The maximum Gasteiger partial charge on any atom is 0.101 e. The fraction of sp³-hybridized carbons (Fsp3) is 0.647. The molecule has 0 aliphatic carbocycles. The predicted octanol–water partition coefficient (Wildman–Crippen LogP) is -0.808. The Balaban J connectivity index is 1.40. The average Bonchev–Trinajstić information content (AvgIpc) is 2.55. The van der Waals surface area contributed by atoms with Crippen molar-refractivity contribution in [1.82, 2.24) is 0 Å². The molecule has 0 amide bonds. The topological polar surface area (TPSA) is 18.1 Å². The number of ether oxygens (including phenoxy) is 1. The summed E-state index contributed by atoms with van der Waals surface area (Å²) in [5.41, 5.74) is 1.49. The molecule has 0 unspecified atom stereocenters. The number of benzene rings is 1. The molecule has 3 nitrogen and oxygen atoms in total. The van der Waals surface area contributed by atoms with E-state index in [4.69, 9.17) is 4.74 Å². The number of morpholine rings is 1. The molecule has 20 heavy (non-hydrogen) atoms. The molecule has 1 aromatic carbocycles. The van der Waals surface area contributed by atoms with Crippen molar-refractivity contribution in [3.8, 4) is 0 Å². The Morgan fingerprint density at radius 2 is 1.65 bits per heavy atom. The second kappa shape index (κ2) is 7.21. The molecule has 0 bridgehead atoms. The maximum atomic E-state index is 5.47. The molecule has 0 aromatic heterocycles. The Kier molecular flexibility index (Phi) is 5.06. The van der Waals surface area contributed by atoms with Gasteiger partial charge in [0.2, 0.25) is 0 Å². The van der Waals surface area contributed by atoms with E-state index in [2.05, 4.69) is 30.3 Å². The van der Waals surface area contributed by atoms with E-state index in [1.54, 1.807) is 9.80 Å². The minimum absolute atomic E-state index is 0.902. The highest BCUT2D eigenvalue weighted by molar-refractivity contribution is 5.14. The molecule has 0 radical (unpaired) electrons. The van der Waals surface area contributed by atoms with Crippen LogP contribution in [0.4, 0.5) is 0 Å². The lowest BCUT2D eigenvalue weighted by molar-refractivity contribution is -0.962. The Bertz CT molecular complexity index is 381. The average molecular weight is 276 g/mol. The van der Waals surface area contributed by atoms with Crippen LogP contribution in [0.5, 0.6) is 0 Å². The molecule has 2 aliphatic heterocycles. The molecule has 2 heterocycles. The molecule has 110 valence electrons. The molecule has 1 aromatic rings. The van der Waals surface area contributed by atoms with E-state index in [0.717, 1.165) is 19.3 Å². The first-order valence-electron chi connectivity index (χ1n) is 8.21. The molecule has 0 atom stereocenters. The van der Waals surface area contributed by atoms with Gasteiger partial charge < -0.3 is 14.5 Å². The van der Waals surface area contributed by atoms with Crippen molar-refractivity contribution < 1.29 is 14.5 Å². The Morgan fingerprint density at radius 1 is 0.950 bits per heavy atom. The fourth-order valence-electron chi connectivity index (χ4n) is 3.69. The third-order valence-corrected chi connectivity index (χ3v) is 5.02. The molecule has 0 saturated carbocycles. The lowest BCUT2D eigenvalue weighted by Gasteiger charge is -2.36. The lowest BCUT2D eigenvalue weighted by atomic mass is 10.0. The smallest absolute Gasteiger partial charge is 0.101 e. The quantitative estimate of drug-likeness (QED) is 0.736. The molecule has 3 heteroatoms. The van der Waals surface area contributed by atoms with Crippen molar-refractivity contribution in [3.05, 3.63) is 35.9 Å². The Labute approximate surface area is 122 Å². The summed E-state index contributed by atoms with van der Waals surface area (Å²) in [4.78, 5) is 3.61. The molecule has 2 fully saturated rings. The first-order valence-corrected chi connectivity index (χ1v) is 8.21. The predicted molar refractivity (Wildman–Crippen MR) is 80.2 cm³/mol. The summed E-state index contributed by atoms with van der Waals surface area (Å²) < 4.78 is 5.47. The van der Waals surface area contributed by atoms with Gasteiger partial charge in [0.25, 0.3) is 0 Å². The minimum atomic E-state index is 0.902. The van der Waals surface area contributed by atoms with Crippen LogP contribution in [0.2, 0.25) is 0 Å². The van der Waals surface area contributed by atoms with Crippen LogP contribution in [0, 0.1) is 0 Å². The normalized spacial score (nSPS) is 28.4. The number of likely N-dealkylation sites (tertiary alicyclic amines) is 1. The largest absolute Gasteiger partial charge is 0.370 e. The number of piperidine rings is 1. The summed E-state index contributed by atoms with van der Waals surface area (Å²) in [6.45, 7) is 8.42. The Morgan fingerprint density at radius 3 is 2.35 bits per heavy atom. The van der Waals surface area contributed by atoms with E-state index in [-0.39, 0.29) is 0 Å². The van der Waals surface area contributed by atoms with Crippen LogP contribution in [0.15, 0.2) is 30.3 Å². The zero-order valence-corrected chi connectivity index (χ0v) is 12.4. The van der Waals surface area contributed by atoms with Crippen molar-refractivity contribution in [3.63, 3.8) is 0 Å². The van der Waals surface area contributed by atoms with Gasteiger partial charge in [0.15, 0.2) is 0 Å². The minimum Gasteiger partial charge on any atom is -0.370 e. The third-order valence-electron chi connectivity index (χ3n) is 5.02. The molecule has 0 spiro atoms. The van der Waals surface area contributed by atoms with Crippen LogP contribution < -0.4 is 9.80 Å². The maximum absolute atomic E-state index is 5.47. The van der Waals surface area contributed by atoms with Crippen molar-refractivity contribution in [2.75, 3.05) is 45.9 Å². The molecule has 2 N–H and O–H groups in total. The first-order chi connectivity index (χ1) is 9.92. The fourth-order valence-corrected chi connectivity index (χ4v) is 3.69. The first kappa shape index (κ1) is 14.1. The summed E-state index contributed by atoms with van der Waals surface area (Å²) in [6.07, 6.45) is 4.03. The van der Waals surface area contributed by atoms with Gasteiger partial charge in [-0.05, 0) is 5.56 Å². The molecular weight excluding hydrogens is 248 g/mol. The SMILES string of the molecule is c1ccc(CC[NH+]2CCC([NH+]3CCOCC3)CC2)cc1. The summed E-state index contributed by atoms with van der Waals surface area (Å²) in [7, 11) is 0. The van der Waals surface area contributed by atoms with Crippen molar-refractivity contribution in [2.45, 2.75) is 25.3 Å². The Hall–Kier alpha value is -0.900. The van der Waals surface area contributed by atoms with E-state index < -0.39 is 0 Å². The summed E-state index contributed by atoms with van der Waals surface area (Å²) in [6, 6.07) is 11.8. The van der Waals surface area contributed by atoms with Crippen LogP contribution >= 0.6 is 0 Å². The number of nitrogens with one attached hydrogen (secondary N) is 2. The van der Waals surface area contributed by atoms with Crippen molar-refractivity contribution >= 4 is 0 Å². The standard InChI is InChI=1S/C17H26N2O/c1-2-4-16(5-3-1)6-9-18-10-7-17(8-11-18)19-12-14-20-15-13-19/h1-5,17H,6-15H2/p+2. The molecular formula is C17H28N2O+2. The third kappa shape index (κ3) is 3.81. The highest BCUT2D eigenvalue weighted by Gasteiger charge is 2.30. The van der Waals surface area contributed by atoms with Gasteiger partial charge >= 0.3 is 0 Å². The van der Waals surface area contributed by atoms with E-state index >= 15 is 0 Å². The monoisotopic (exact) mass is 276 g/mol. The van der Waals surface area contributed by atoms with Crippen LogP contribution in [0.25, 0.3) is 0 Å². The van der Waals surface area contributed by atoms with Crippen molar-refractivity contribution in [2.24, 2.45) is 0 Å². The van der Waals surface area contributed by atoms with Crippen LogP contribution in [0.1, 0.15) is 18.4 Å². The van der Waals surface area contributed by atoms with Gasteiger partial charge in [0.1, 0.15) is 13.1 Å². The van der Waals surface area contributed by atoms with E-state index in [1.807, 2.05) is 0 Å². The highest BCUT2D eigenvalue weighted by atomic mass is 16.5. The van der Waals surface area contributed by atoms with Gasteiger partial charge in [-0.3, -0.25) is 0 Å².